The SMILES string of the molecule is Cc1ccc(C(=O)N[C@@H](C(=O)Nc2nc(C(C)C)cs2)C(C)C)cc1. The summed E-state index contributed by atoms with van der Waals surface area (Å²) in [6.45, 7) is 9.88. The first-order chi connectivity index (χ1) is 11.8. The van der Waals surface area contributed by atoms with Crippen molar-refractivity contribution in [3.63, 3.8) is 0 Å². The first-order valence-corrected chi connectivity index (χ1v) is 9.29. The number of amides is 2. The van der Waals surface area contributed by atoms with Crippen molar-refractivity contribution in [2.45, 2.75) is 46.6 Å². The second-order valence-corrected chi connectivity index (χ2v) is 7.64. The lowest BCUT2D eigenvalue weighted by Gasteiger charge is -2.21. The fourth-order valence-corrected chi connectivity index (χ4v) is 3.13. The Bertz CT molecular complexity index is 735. The largest absolute Gasteiger partial charge is 0.340 e. The highest BCUT2D eigenvalue weighted by Crippen LogP contribution is 2.22. The van der Waals surface area contributed by atoms with Crippen molar-refractivity contribution in [3.05, 3.63) is 46.5 Å². The van der Waals surface area contributed by atoms with Gasteiger partial charge in [0.15, 0.2) is 5.13 Å². The molecule has 6 heteroatoms. The Morgan fingerprint density at radius 1 is 1.08 bits per heavy atom. The van der Waals surface area contributed by atoms with Crippen LogP contribution in [0.25, 0.3) is 0 Å². The van der Waals surface area contributed by atoms with Gasteiger partial charge in [0, 0.05) is 10.9 Å². The van der Waals surface area contributed by atoms with Crippen LogP contribution in [0.2, 0.25) is 0 Å². The number of hydrogen-bond donors (Lipinski definition) is 2. The highest BCUT2D eigenvalue weighted by Gasteiger charge is 2.25. The number of carbonyl (C=O) groups is 2. The summed E-state index contributed by atoms with van der Waals surface area (Å²) >= 11 is 1.40. The van der Waals surface area contributed by atoms with Gasteiger partial charge in [-0.2, -0.15) is 0 Å². The van der Waals surface area contributed by atoms with Gasteiger partial charge in [-0.15, -0.1) is 11.3 Å². The van der Waals surface area contributed by atoms with Crippen molar-refractivity contribution in [1.82, 2.24) is 10.3 Å². The van der Waals surface area contributed by atoms with E-state index in [2.05, 4.69) is 29.5 Å². The summed E-state index contributed by atoms with van der Waals surface area (Å²) in [6.07, 6.45) is 0. The number of nitrogens with one attached hydrogen (secondary N) is 2. The molecule has 0 radical (unpaired) electrons. The van der Waals surface area contributed by atoms with Gasteiger partial charge in [0.05, 0.1) is 5.69 Å². The zero-order chi connectivity index (χ0) is 18.6. The third-order valence-electron chi connectivity index (χ3n) is 3.89. The molecule has 5 nitrogen and oxygen atoms in total. The Kier molecular flexibility index (Phi) is 6.31. The van der Waals surface area contributed by atoms with E-state index in [-0.39, 0.29) is 17.7 Å². The van der Waals surface area contributed by atoms with Crippen LogP contribution in [0.5, 0.6) is 0 Å². The van der Waals surface area contributed by atoms with Crippen molar-refractivity contribution in [2.75, 3.05) is 5.32 Å². The minimum Gasteiger partial charge on any atom is -0.340 e. The number of thiazole rings is 1. The van der Waals surface area contributed by atoms with Gasteiger partial charge in [0.1, 0.15) is 6.04 Å². The molecule has 0 saturated carbocycles. The smallest absolute Gasteiger partial charge is 0.251 e. The minimum atomic E-state index is -0.625. The third kappa shape index (κ3) is 5.13. The summed E-state index contributed by atoms with van der Waals surface area (Å²) in [6, 6.07) is 6.65. The molecule has 0 aliphatic carbocycles. The van der Waals surface area contributed by atoms with Gasteiger partial charge in [-0.25, -0.2) is 4.98 Å². The molecule has 0 bridgehead atoms. The van der Waals surface area contributed by atoms with Crippen molar-refractivity contribution < 1.29 is 9.59 Å². The first-order valence-electron chi connectivity index (χ1n) is 8.41. The molecule has 0 unspecified atom stereocenters. The predicted octanol–water partition coefficient (Wildman–Crippen LogP) is 3.97. The van der Waals surface area contributed by atoms with Crippen molar-refractivity contribution in [1.29, 1.82) is 0 Å². The second-order valence-electron chi connectivity index (χ2n) is 6.78. The molecular formula is C19H25N3O2S. The molecular weight excluding hydrogens is 334 g/mol. The molecule has 2 rings (SSSR count). The number of benzene rings is 1. The van der Waals surface area contributed by atoms with Crippen LogP contribution in [0.15, 0.2) is 29.6 Å². The molecule has 1 aromatic heterocycles. The first kappa shape index (κ1) is 19.1. The van der Waals surface area contributed by atoms with Crippen LogP contribution >= 0.6 is 11.3 Å². The van der Waals surface area contributed by atoms with E-state index in [4.69, 9.17) is 0 Å². The monoisotopic (exact) mass is 359 g/mol. The lowest BCUT2D eigenvalue weighted by molar-refractivity contribution is -0.118. The number of carbonyl (C=O) groups excluding carboxylic acids is 2. The van der Waals surface area contributed by atoms with Gasteiger partial charge < -0.3 is 10.6 Å². The van der Waals surface area contributed by atoms with Crippen LogP contribution < -0.4 is 10.6 Å². The minimum absolute atomic E-state index is 0.0427. The Balaban J connectivity index is 2.07. The van der Waals surface area contributed by atoms with Crippen LogP contribution in [0.3, 0.4) is 0 Å². The van der Waals surface area contributed by atoms with Gasteiger partial charge in [-0.1, -0.05) is 45.4 Å². The van der Waals surface area contributed by atoms with Crippen molar-refractivity contribution >= 4 is 28.3 Å². The second kappa shape index (κ2) is 8.25. The molecule has 25 heavy (non-hydrogen) atoms. The van der Waals surface area contributed by atoms with Crippen LogP contribution in [-0.2, 0) is 4.79 Å². The van der Waals surface area contributed by atoms with Gasteiger partial charge in [-0.3, -0.25) is 9.59 Å². The zero-order valence-electron chi connectivity index (χ0n) is 15.3. The third-order valence-corrected chi connectivity index (χ3v) is 4.67. The molecule has 0 spiro atoms. The lowest BCUT2D eigenvalue weighted by atomic mass is 10.0. The molecule has 2 amide bonds. The molecule has 0 aliphatic rings. The average molecular weight is 359 g/mol. The summed E-state index contributed by atoms with van der Waals surface area (Å²) in [4.78, 5) is 29.4. The molecule has 2 aromatic rings. The maximum Gasteiger partial charge on any atom is 0.251 e. The quantitative estimate of drug-likeness (QED) is 0.820. The number of hydrogen-bond acceptors (Lipinski definition) is 4. The van der Waals surface area contributed by atoms with Gasteiger partial charge in [-0.05, 0) is 30.9 Å². The highest BCUT2D eigenvalue weighted by atomic mass is 32.1. The van der Waals surface area contributed by atoms with E-state index in [1.165, 1.54) is 11.3 Å². The standard InChI is InChI=1S/C19H25N3O2S/c1-11(2)15-10-25-19(20-15)22-18(24)16(12(3)4)21-17(23)14-8-6-13(5)7-9-14/h6-12,16H,1-5H3,(H,21,23)(H,20,22,24)/t16-/m1/s1. The normalized spacial score (nSPS) is 12.3. The maximum absolute atomic E-state index is 12.6. The van der Waals surface area contributed by atoms with E-state index in [9.17, 15) is 9.59 Å². The highest BCUT2D eigenvalue weighted by molar-refractivity contribution is 7.13. The Morgan fingerprint density at radius 3 is 2.24 bits per heavy atom. The Hall–Kier alpha value is -2.21. The Morgan fingerprint density at radius 2 is 1.72 bits per heavy atom. The molecule has 2 N–H and O–H groups in total. The number of anilines is 1. The average Bonchev–Trinajstić information content (AvgIpc) is 3.01. The van der Waals surface area contributed by atoms with Crippen LogP contribution in [-0.4, -0.2) is 22.8 Å². The molecule has 1 atom stereocenters. The topological polar surface area (TPSA) is 71.1 Å². The van der Waals surface area contributed by atoms with Gasteiger partial charge in [0.25, 0.3) is 5.91 Å². The summed E-state index contributed by atoms with van der Waals surface area (Å²) < 4.78 is 0. The van der Waals surface area contributed by atoms with Gasteiger partial charge >= 0.3 is 0 Å². The number of nitrogens with zero attached hydrogens (tertiary/aromatic N) is 1. The van der Waals surface area contributed by atoms with Gasteiger partial charge in [0.2, 0.25) is 5.91 Å². The zero-order valence-corrected chi connectivity index (χ0v) is 16.1. The summed E-state index contributed by atoms with van der Waals surface area (Å²) in [5.41, 5.74) is 2.57. The maximum atomic E-state index is 12.6. The molecule has 1 heterocycles. The molecule has 0 aliphatic heterocycles. The fraction of sp³-hybridized carbons (Fsp3) is 0.421. The number of aryl methyl sites for hydroxylation is 1. The van der Waals surface area contributed by atoms with Crippen LogP contribution in [0.1, 0.15) is 55.2 Å². The molecule has 0 fully saturated rings. The van der Waals surface area contributed by atoms with E-state index >= 15 is 0 Å². The summed E-state index contributed by atoms with van der Waals surface area (Å²) in [5.74, 6) is -0.237. The van der Waals surface area contributed by atoms with E-state index in [1.807, 2.05) is 38.3 Å². The van der Waals surface area contributed by atoms with E-state index in [0.717, 1.165) is 11.3 Å². The summed E-state index contributed by atoms with van der Waals surface area (Å²) in [7, 11) is 0. The summed E-state index contributed by atoms with van der Waals surface area (Å²) in [5, 5.41) is 8.15. The molecule has 134 valence electrons. The Labute approximate surface area is 152 Å². The van der Waals surface area contributed by atoms with E-state index in [0.29, 0.717) is 16.6 Å². The van der Waals surface area contributed by atoms with Crippen molar-refractivity contribution in [3.8, 4) is 0 Å². The number of aromatic nitrogens is 1. The van der Waals surface area contributed by atoms with E-state index < -0.39 is 6.04 Å². The van der Waals surface area contributed by atoms with Crippen LogP contribution in [0.4, 0.5) is 5.13 Å². The lowest BCUT2D eigenvalue weighted by Crippen LogP contribution is -2.47. The van der Waals surface area contributed by atoms with E-state index in [1.54, 1.807) is 12.1 Å². The van der Waals surface area contributed by atoms with Crippen LogP contribution in [0, 0.1) is 12.8 Å². The fourth-order valence-electron chi connectivity index (χ4n) is 2.26. The predicted molar refractivity (Wildman–Crippen MR) is 102 cm³/mol. The molecule has 0 saturated heterocycles. The molecule has 1 aromatic carbocycles. The number of rotatable bonds is 6. The van der Waals surface area contributed by atoms with Crippen molar-refractivity contribution in [2.24, 2.45) is 5.92 Å².